The van der Waals surface area contributed by atoms with Crippen molar-refractivity contribution in [1.82, 2.24) is 4.31 Å². The van der Waals surface area contributed by atoms with Crippen LogP contribution < -0.4 is 20.1 Å². The maximum absolute atomic E-state index is 12.7. The number of primary amides is 1. The van der Waals surface area contributed by atoms with Crippen LogP contribution in [0.1, 0.15) is 0 Å². The Balaban J connectivity index is 1.73. The Hall–Kier alpha value is -1.84. The Morgan fingerprint density at radius 1 is 1.17 bits per heavy atom. The number of hydrogen-bond donors (Lipinski definition) is 2. The Morgan fingerprint density at radius 3 is 2.48 bits per heavy atom. The lowest BCUT2D eigenvalue weighted by atomic mass is 10.3. The molecule has 0 aromatic heterocycles. The van der Waals surface area contributed by atoms with E-state index in [-0.39, 0.29) is 17.3 Å². The maximum Gasteiger partial charge on any atom is 0.272 e. The van der Waals surface area contributed by atoms with E-state index in [0.717, 1.165) is 4.90 Å². The predicted octanol–water partition coefficient (Wildman–Crippen LogP) is -2.17. The number of carbonyl (C=O) groups excluding carboxylic acids is 1. The van der Waals surface area contributed by atoms with Gasteiger partial charge in [-0.2, -0.15) is 4.31 Å². The van der Waals surface area contributed by atoms with Crippen LogP contribution in [0.3, 0.4) is 0 Å². The summed E-state index contributed by atoms with van der Waals surface area (Å²) in [6.07, 6.45) is 0. The zero-order valence-corrected chi connectivity index (χ0v) is 13.5. The van der Waals surface area contributed by atoms with E-state index in [1.807, 2.05) is 0 Å². The van der Waals surface area contributed by atoms with Crippen LogP contribution in [0.4, 0.5) is 0 Å². The van der Waals surface area contributed by atoms with Gasteiger partial charge in [0.25, 0.3) is 5.91 Å². The smallest absolute Gasteiger partial charge is 0.272 e. The first-order valence-electron chi connectivity index (χ1n) is 7.48. The number of fused-ring (bicyclic) bond motifs is 1. The number of piperazine rings is 1. The van der Waals surface area contributed by atoms with Gasteiger partial charge in [0.05, 0.1) is 31.1 Å². The lowest BCUT2D eigenvalue weighted by Gasteiger charge is -2.31. The van der Waals surface area contributed by atoms with Gasteiger partial charge in [0.2, 0.25) is 10.0 Å². The molecule has 2 heterocycles. The number of nitrogens with zero attached hydrogens (tertiary/aromatic N) is 1. The molecule has 23 heavy (non-hydrogen) atoms. The third-order valence-corrected chi connectivity index (χ3v) is 5.90. The van der Waals surface area contributed by atoms with Gasteiger partial charge < -0.3 is 20.1 Å². The Morgan fingerprint density at radius 2 is 1.83 bits per heavy atom. The summed E-state index contributed by atoms with van der Waals surface area (Å²) in [5.74, 6) is 0.643. The SMILES string of the molecule is NC(=O)C[NH+]1CCN(S(=O)(=O)c2ccc3c(c2)OCCO3)CC1. The summed E-state index contributed by atoms with van der Waals surface area (Å²) in [6, 6.07) is 4.66. The highest BCUT2D eigenvalue weighted by atomic mass is 32.2. The molecule has 3 rings (SSSR count). The Kier molecular flexibility index (Phi) is 4.42. The van der Waals surface area contributed by atoms with Crippen LogP contribution in [0.15, 0.2) is 23.1 Å². The van der Waals surface area contributed by atoms with Crippen molar-refractivity contribution in [1.29, 1.82) is 0 Å². The molecule has 1 aromatic rings. The van der Waals surface area contributed by atoms with Crippen molar-refractivity contribution < 1.29 is 27.6 Å². The molecule has 126 valence electrons. The molecule has 1 saturated heterocycles. The molecule has 3 N–H and O–H groups in total. The number of sulfonamides is 1. The lowest BCUT2D eigenvalue weighted by molar-refractivity contribution is -0.895. The van der Waals surface area contributed by atoms with Gasteiger partial charge in [0, 0.05) is 6.07 Å². The summed E-state index contributed by atoms with van der Waals surface area (Å²) in [4.78, 5) is 12.1. The van der Waals surface area contributed by atoms with Crippen molar-refractivity contribution >= 4 is 15.9 Å². The third-order valence-electron chi connectivity index (χ3n) is 4.01. The van der Waals surface area contributed by atoms with Gasteiger partial charge in [-0.3, -0.25) is 4.79 Å². The van der Waals surface area contributed by atoms with Crippen LogP contribution in [0, 0.1) is 0 Å². The van der Waals surface area contributed by atoms with Crippen LogP contribution in [0.5, 0.6) is 11.5 Å². The van der Waals surface area contributed by atoms with Crippen LogP contribution in [0.2, 0.25) is 0 Å². The number of benzene rings is 1. The molecule has 2 aliphatic heterocycles. The first kappa shape index (κ1) is 16.0. The minimum atomic E-state index is -3.58. The van der Waals surface area contributed by atoms with Crippen molar-refractivity contribution in [2.75, 3.05) is 45.9 Å². The Labute approximate surface area is 134 Å². The summed E-state index contributed by atoms with van der Waals surface area (Å²) in [7, 11) is -3.58. The second-order valence-electron chi connectivity index (χ2n) is 5.60. The molecule has 0 saturated carbocycles. The van der Waals surface area contributed by atoms with Crippen molar-refractivity contribution in [3.8, 4) is 11.5 Å². The summed E-state index contributed by atoms with van der Waals surface area (Å²) in [5, 5.41) is 0. The van der Waals surface area contributed by atoms with Crippen LogP contribution in [0.25, 0.3) is 0 Å². The van der Waals surface area contributed by atoms with E-state index in [1.54, 1.807) is 6.07 Å². The maximum atomic E-state index is 12.7. The van der Waals surface area contributed by atoms with E-state index < -0.39 is 10.0 Å². The first-order chi connectivity index (χ1) is 11.0. The van der Waals surface area contributed by atoms with Gasteiger partial charge in [-0.15, -0.1) is 0 Å². The fraction of sp³-hybridized carbons (Fsp3) is 0.500. The molecule has 1 amide bonds. The third kappa shape index (κ3) is 3.41. The zero-order chi connectivity index (χ0) is 16.4. The van der Waals surface area contributed by atoms with E-state index in [1.165, 1.54) is 16.4 Å². The van der Waals surface area contributed by atoms with Crippen LogP contribution in [-0.2, 0) is 14.8 Å². The second-order valence-corrected chi connectivity index (χ2v) is 7.54. The van der Waals surface area contributed by atoms with E-state index in [2.05, 4.69) is 0 Å². The molecule has 0 radical (unpaired) electrons. The second kappa shape index (κ2) is 6.34. The van der Waals surface area contributed by atoms with Crippen LogP contribution >= 0.6 is 0 Å². The van der Waals surface area contributed by atoms with Gasteiger partial charge in [-0.1, -0.05) is 0 Å². The molecule has 1 aromatic carbocycles. The highest BCUT2D eigenvalue weighted by Crippen LogP contribution is 2.33. The molecule has 8 nitrogen and oxygen atoms in total. The van der Waals surface area contributed by atoms with Crippen molar-refractivity contribution in [2.24, 2.45) is 5.73 Å². The standard InChI is InChI=1S/C14H19N3O5S/c15-14(18)10-16-3-5-17(6-4-16)23(19,20)11-1-2-12-13(9-11)22-8-7-21-12/h1-2,9H,3-8,10H2,(H2,15,18)/p+1. The topological polar surface area (TPSA) is 103 Å². The summed E-state index contributed by atoms with van der Waals surface area (Å²) >= 11 is 0. The number of rotatable bonds is 4. The minimum Gasteiger partial charge on any atom is -0.486 e. The molecule has 2 aliphatic rings. The lowest BCUT2D eigenvalue weighted by Crippen LogP contribution is -3.15. The first-order valence-corrected chi connectivity index (χ1v) is 8.92. The van der Waals surface area contributed by atoms with E-state index in [9.17, 15) is 13.2 Å². The monoisotopic (exact) mass is 342 g/mol. The molecule has 0 unspecified atom stereocenters. The van der Waals surface area contributed by atoms with Crippen LogP contribution in [-0.4, -0.2) is 64.6 Å². The van der Waals surface area contributed by atoms with Gasteiger partial charge in [-0.25, -0.2) is 8.42 Å². The summed E-state index contributed by atoms with van der Waals surface area (Å²) in [6.45, 7) is 2.95. The van der Waals surface area contributed by atoms with Crippen molar-refractivity contribution in [2.45, 2.75) is 4.90 Å². The fourth-order valence-corrected chi connectivity index (χ4v) is 4.26. The van der Waals surface area contributed by atoms with E-state index in [0.29, 0.717) is 50.9 Å². The number of hydrogen-bond acceptors (Lipinski definition) is 5. The van der Waals surface area contributed by atoms with Gasteiger partial charge in [0.15, 0.2) is 18.0 Å². The van der Waals surface area contributed by atoms with Crippen molar-refractivity contribution in [3.05, 3.63) is 18.2 Å². The number of nitrogens with two attached hydrogens (primary N) is 1. The fourth-order valence-electron chi connectivity index (χ4n) is 2.80. The number of nitrogens with one attached hydrogen (secondary N) is 1. The molecule has 0 bridgehead atoms. The predicted molar refractivity (Wildman–Crippen MR) is 80.9 cm³/mol. The molecule has 1 fully saturated rings. The van der Waals surface area contributed by atoms with Gasteiger partial charge in [0.1, 0.15) is 13.2 Å². The van der Waals surface area contributed by atoms with Gasteiger partial charge in [-0.05, 0) is 12.1 Å². The molecule has 0 aliphatic carbocycles. The molecular formula is C14H20N3O5S+. The molecule has 0 atom stereocenters. The van der Waals surface area contributed by atoms with E-state index >= 15 is 0 Å². The molecule has 0 spiro atoms. The zero-order valence-electron chi connectivity index (χ0n) is 12.7. The summed E-state index contributed by atoms with van der Waals surface area (Å²) in [5.41, 5.74) is 5.18. The quantitative estimate of drug-likeness (QED) is 0.648. The Bertz CT molecular complexity index is 698. The van der Waals surface area contributed by atoms with E-state index in [4.69, 9.17) is 15.2 Å². The van der Waals surface area contributed by atoms with Crippen molar-refractivity contribution in [3.63, 3.8) is 0 Å². The largest absolute Gasteiger partial charge is 0.486 e. The number of carbonyl (C=O) groups is 1. The average molecular weight is 342 g/mol. The number of amides is 1. The number of ether oxygens (including phenoxy) is 2. The molecule has 9 heteroatoms. The summed E-state index contributed by atoms with van der Waals surface area (Å²) < 4.78 is 37.7. The minimum absolute atomic E-state index is 0.195. The number of quaternary nitrogens is 1. The average Bonchev–Trinajstić information content (AvgIpc) is 2.54. The normalized spacial score (nSPS) is 19.5. The molecular weight excluding hydrogens is 322 g/mol. The van der Waals surface area contributed by atoms with Gasteiger partial charge >= 0.3 is 0 Å². The highest BCUT2D eigenvalue weighted by Gasteiger charge is 2.31. The highest BCUT2D eigenvalue weighted by molar-refractivity contribution is 7.89.